The van der Waals surface area contributed by atoms with Gasteiger partial charge >= 0.3 is 5.97 Å². The largest absolute Gasteiger partial charge is 0.477 e. The third-order valence-electron chi connectivity index (χ3n) is 3.57. The van der Waals surface area contributed by atoms with E-state index in [0.29, 0.717) is 10.9 Å². The molecular weight excluding hydrogens is 248 g/mol. The third-order valence-corrected chi connectivity index (χ3v) is 4.76. The maximum absolute atomic E-state index is 10.9. The van der Waals surface area contributed by atoms with Crippen LogP contribution in [0.15, 0.2) is 12.1 Å². The first-order valence-corrected chi connectivity index (χ1v) is 7.21. The average Bonchev–Trinajstić information content (AvgIpc) is 2.96. The first-order chi connectivity index (χ1) is 8.61. The van der Waals surface area contributed by atoms with Crippen LogP contribution < -0.4 is 4.90 Å². The van der Waals surface area contributed by atoms with Crippen molar-refractivity contribution >= 4 is 22.3 Å². The van der Waals surface area contributed by atoms with Crippen LogP contribution in [0.3, 0.4) is 0 Å². The number of carboxylic acid groups (broad SMARTS) is 1. The molecule has 1 aromatic heterocycles. The summed E-state index contributed by atoms with van der Waals surface area (Å²) in [6.07, 6.45) is 2.52. The van der Waals surface area contributed by atoms with Gasteiger partial charge in [-0.3, -0.25) is 4.90 Å². The minimum atomic E-state index is -0.837. The van der Waals surface area contributed by atoms with Gasteiger partial charge in [-0.2, -0.15) is 0 Å². The quantitative estimate of drug-likeness (QED) is 0.890. The van der Waals surface area contributed by atoms with Crippen LogP contribution in [0.5, 0.6) is 0 Å². The van der Waals surface area contributed by atoms with E-state index in [1.165, 1.54) is 30.7 Å². The van der Waals surface area contributed by atoms with Gasteiger partial charge in [0, 0.05) is 19.6 Å². The standard InChI is InChI=1S/C13H20N2O2S/c1-3-15-8-4-5-10(15)9-14(2)12-7-6-11(18-12)13(16)17/h6-7,10H,3-5,8-9H2,1-2H3,(H,16,17). The molecule has 1 atom stereocenters. The molecule has 0 amide bonds. The van der Waals surface area contributed by atoms with Gasteiger partial charge in [0.15, 0.2) is 0 Å². The first-order valence-electron chi connectivity index (χ1n) is 6.40. The summed E-state index contributed by atoms with van der Waals surface area (Å²) in [5.74, 6) is -0.837. The summed E-state index contributed by atoms with van der Waals surface area (Å²) in [6, 6.07) is 4.19. The summed E-state index contributed by atoms with van der Waals surface area (Å²) in [4.78, 5) is 16.0. The van der Waals surface area contributed by atoms with Crippen molar-refractivity contribution in [1.82, 2.24) is 4.90 Å². The maximum atomic E-state index is 10.9. The third kappa shape index (κ3) is 2.84. The number of likely N-dealkylation sites (tertiary alicyclic amines) is 1. The second kappa shape index (κ2) is 5.71. The van der Waals surface area contributed by atoms with Gasteiger partial charge in [-0.1, -0.05) is 6.92 Å². The molecule has 0 radical (unpaired) electrons. The Hall–Kier alpha value is -1.07. The molecule has 1 fully saturated rings. The second-order valence-electron chi connectivity index (χ2n) is 4.75. The number of thiophene rings is 1. The summed E-state index contributed by atoms with van der Waals surface area (Å²) in [6.45, 7) is 5.47. The molecule has 0 aliphatic carbocycles. The van der Waals surface area contributed by atoms with Gasteiger partial charge in [-0.15, -0.1) is 11.3 Å². The molecule has 0 bridgehead atoms. The molecule has 1 saturated heterocycles. The molecule has 0 aromatic carbocycles. The molecule has 2 rings (SSSR count). The highest BCUT2D eigenvalue weighted by Crippen LogP contribution is 2.27. The van der Waals surface area contributed by atoms with Crippen molar-refractivity contribution in [2.45, 2.75) is 25.8 Å². The Morgan fingerprint density at radius 1 is 1.61 bits per heavy atom. The lowest BCUT2D eigenvalue weighted by molar-refractivity contribution is 0.0702. The van der Waals surface area contributed by atoms with Crippen molar-refractivity contribution in [3.8, 4) is 0 Å². The average molecular weight is 268 g/mol. The molecule has 1 unspecified atom stereocenters. The van der Waals surface area contributed by atoms with Crippen LogP contribution in [-0.2, 0) is 0 Å². The van der Waals surface area contributed by atoms with E-state index in [9.17, 15) is 4.79 Å². The Balaban J connectivity index is 1.98. The van der Waals surface area contributed by atoms with E-state index in [1.54, 1.807) is 6.07 Å². The lowest BCUT2D eigenvalue weighted by Gasteiger charge is -2.28. The van der Waals surface area contributed by atoms with E-state index in [1.807, 2.05) is 13.1 Å². The van der Waals surface area contributed by atoms with E-state index < -0.39 is 5.97 Å². The van der Waals surface area contributed by atoms with E-state index in [0.717, 1.165) is 18.1 Å². The highest BCUT2D eigenvalue weighted by molar-refractivity contribution is 7.17. The highest BCUT2D eigenvalue weighted by atomic mass is 32.1. The van der Waals surface area contributed by atoms with Crippen LogP contribution in [0.25, 0.3) is 0 Å². The minimum Gasteiger partial charge on any atom is -0.477 e. The molecule has 0 spiro atoms. The van der Waals surface area contributed by atoms with Gasteiger partial charge in [0.05, 0.1) is 5.00 Å². The van der Waals surface area contributed by atoms with Crippen LogP contribution in [0.2, 0.25) is 0 Å². The topological polar surface area (TPSA) is 43.8 Å². The SMILES string of the molecule is CCN1CCCC1CN(C)c1ccc(C(=O)O)s1. The van der Waals surface area contributed by atoms with Crippen molar-refractivity contribution in [2.24, 2.45) is 0 Å². The Labute approximate surface area is 112 Å². The van der Waals surface area contributed by atoms with Gasteiger partial charge in [0.1, 0.15) is 4.88 Å². The summed E-state index contributed by atoms with van der Waals surface area (Å²) in [7, 11) is 2.05. The number of likely N-dealkylation sites (N-methyl/N-ethyl adjacent to an activating group) is 2. The van der Waals surface area contributed by atoms with Gasteiger partial charge < -0.3 is 10.0 Å². The molecule has 100 valence electrons. The molecule has 1 aromatic rings. The van der Waals surface area contributed by atoms with Crippen LogP contribution in [0.1, 0.15) is 29.4 Å². The van der Waals surface area contributed by atoms with Crippen molar-refractivity contribution in [3.63, 3.8) is 0 Å². The second-order valence-corrected chi connectivity index (χ2v) is 5.81. The number of aromatic carboxylic acids is 1. The molecule has 5 heteroatoms. The lowest BCUT2D eigenvalue weighted by Crippen LogP contribution is -2.38. The highest BCUT2D eigenvalue weighted by Gasteiger charge is 2.24. The molecule has 4 nitrogen and oxygen atoms in total. The monoisotopic (exact) mass is 268 g/mol. The number of hydrogen-bond acceptors (Lipinski definition) is 4. The number of nitrogens with zero attached hydrogens (tertiary/aromatic N) is 2. The molecule has 18 heavy (non-hydrogen) atoms. The molecular formula is C13H20N2O2S. The maximum Gasteiger partial charge on any atom is 0.345 e. The summed E-state index contributed by atoms with van der Waals surface area (Å²) >= 11 is 1.35. The number of hydrogen-bond donors (Lipinski definition) is 1. The summed E-state index contributed by atoms with van der Waals surface area (Å²) in [5, 5.41) is 9.97. The van der Waals surface area contributed by atoms with Gasteiger partial charge in [-0.25, -0.2) is 4.79 Å². The molecule has 1 aliphatic rings. The fourth-order valence-corrected chi connectivity index (χ4v) is 3.39. The van der Waals surface area contributed by atoms with E-state index in [-0.39, 0.29) is 0 Å². The van der Waals surface area contributed by atoms with Crippen molar-refractivity contribution < 1.29 is 9.90 Å². The Bertz CT molecular complexity index is 419. The van der Waals surface area contributed by atoms with E-state index in [2.05, 4.69) is 16.7 Å². The van der Waals surface area contributed by atoms with Crippen molar-refractivity contribution in [3.05, 3.63) is 17.0 Å². The Kier molecular flexibility index (Phi) is 4.24. The predicted molar refractivity (Wildman–Crippen MR) is 74.8 cm³/mol. The number of carboxylic acids is 1. The van der Waals surface area contributed by atoms with E-state index >= 15 is 0 Å². The Morgan fingerprint density at radius 3 is 3.00 bits per heavy atom. The van der Waals surface area contributed by atoms with E-state index in [4.69, 9.17) is 5.11 Å². The molecule has 1 N–H and O–H groups in total. The van der Waals surface area contributed by atoms with Crippen molar-refractivity contribution in [2.75, 3.05) is 31.6 Å². The zero-order valence-corrected chi connectivity index (χ0v) is 11.7. The molecule has 2 heterocycles. The fourth-order valence-electron chi connectivity index (χ4n) is 2.57. The van der Waals surface area contributed by atoms with Crippen LogP contribution in [0, 0.1) is 0 Å². The van der Waals surface area contributed by atoms with Crippen molar-refractivity contribution in [1.29, 1.82) is 0 Å². The van der Waals surface area contributed by atoms with Gasteiger partial charge in [0.25, 0.3) is 0 Å². The zero-order valence-electron chi connectivity index (χ0n) is 10.9. The predicted octanol–water partition coefficient (Wildman–Crippen LogP) is 2.37. The number of carbonyl (C=O) groups is 1. The summed E-state index contributed by atoms with van der Waals surface area (Å²) in [5.41, 5.74) is 0. The first kappa shape index (κ1) is 13.4. The fraction of sp³-hybridized carbons (Fsp3) is 0.615. The number of rotatable bonds is 5. The van der Waals surface area contributed by atoms with Crippen LogP contribution in [-0.4, -0.2) is 48.7 Å². The smallest absolute Gasteiger partial charge is 0.345 e. The molecule has 1 aliphatic heterocycles. The van der Waals surface area contributed by atoms with Gasteiger partial charge in [0.2, 0.25) is 0 Å². The zero-order chi connectivity index (χ0) is 13.1. The van der Waals surface area contributed by atoms with Gasteiger partial charge in [-0.05, 0) is 38.1 Å². The molecule has 0 saturated carbocycles. The normalized spacial score (nSPS) is 20.2. The lowest BCUT2D eigenvalue weighted by atomic mass is 10.2. The minimum absolute atomic E-state index is 0.413. The Morgan fingerprint density at radius 2 is 2.39 bits per heavy atom. The van der Waals surface area contributed by atoms with Crippen LogP contribution in [0.4, 0.5) is 5.00 Å². The number of anilines is 1. The van der Waals surface area contributed by atoms with Crippen LogP contribution >= 0.6 is 11.3 Å². The summed E-state index contributed by atoms with van der Waals surface area (Å²) < 4.78 is 0.